The van der Waals surface area contributed by atoms with E-state index in [1.165, 1.54) is 31.2 Å². The monoisotopic (exact) mass is 307 g/mol. The average Bonchev–Trinajstić information content (AvgIpc) is 2.90. The van der Waals surface area contributed by atoms with Gasteiger partial charge in [-0.05, 0) is 54.7 Å². The summed E-state index contributed by atoms with van der Waals surface area (Å²) in [5.41, 5.74) is 2.33. The summed E-state index contributed by atoms with van der Waals surface area (Å²) in [5, 5.41) is 2.98. The Kier molecular flexibility index (Phi) is 3.18. The van der Waals surface area contributed by atoms with Crippen LogP contribution in [0.2, 0.25) is 0 Å². The zero-order valence-corrected chi connectivity index (χ0v) is 12.2. The molecule has 96 valence electrons. The molecule has 3 heteroatoms. The highest BCUT2D eigenvalue weighted by Gasteiger charge is 2.40. The van der Waals surface area contributed by atoms with Gasteiger partial charge in [-0.2, -0.15) is 0 Å². The standard InChI is InChI=1S/C15H18BrNO/c1-9(18)17-15-8-12(16)4-5-13(15)14-7-10-2-3-11(14)6-10/h4-5,8,10-11,14H,2-3,6-7H2,1H3,(H,17,18)/t10?,11?,14-/m0/s1. The van der Waals surface area contributed by atoms with E-state index in [9.17, 15) is 4.79 Å². The van der Waals surface area contributed by atoms with Gasteiger partial charge in [-0.3, -0.25) is 4.79 Å². The molecule has 2 bridgehead atoms. The zero-order chi connectivity index (χ0) is 12.7. The molecule has 2 nitrogen and oxygen atoms in total. The van der Waals surface area contributed by atoms with Crippen LogP contribution in [0.25, 0.3) is 0 Å². The van der Waals surface area contributed by atoms with Gasteiger partial charge in [0.05, 0.1) is 0 Å². The van der Waals surface area contributed by atoms with Gasteiger partial charge in [0.1, 0.15) is 0 Å². The van der Waals surface area contributed by atoms with Gasteiger partial charge in [0, 0.05) is 17.1 Å². The molecule has 0 spiro atoms. The smallest absolute Gasteiger partial charge is 0.221 e. The van der Waals surface area contributed by atoms with E-state index in [1.807, 2.05) is 6.07 Å². The second-order valence-corrected chi connectivity index (χ2v) is 6.61. The molecular formula is C15H18BrNO. The van der Waals surface area contributed by atoms with Crippen molar-refractivity contribution in [2.75, 3.05) is 5.32 Å². The van der Waals surface area contributed by atoms with Crippen LogP contribution in [0.4, 0.5) is 5.69 Å². The Morgan fingerprint density at radius 3 is 2.78 bits per heavy atom. The first-order valence-electron chi connectivity index (χ1n) is 6.70. The number of benzene rings is 1. The van der Waals surface area contributed by atoms with Crippen LogP contribution in [0, 0.1) is 11.8 Å². The van der Waals surface area contributed by atoms with Crippen molar-refractivity contribution in [2.24, 2.45) is 11.8 Å². The van der Waals surface area contributed by atoms with E-state index in [0.717, 1.165) is 22.0 Å². The molecule has 1 aromatic rings. The van der Waals surface area contributed by atoms with Crippen LogP contribution >= 0.6 is 15.9 Å². The molecule has 2 aliphatic carbocycles. The molecule has 0 radical (unpaired) electrons. The number of amides is 1. The van der Waals surface area contributed by atoms with Crippen molar-refractivity contribution in [3.8, 4) is 0 Å². The second kappa shape index (κ2) is 4.69. The van der Waals surface area contributed by atoms with E-state index in [0.29, 0.717) is 5.92 Å². The van der Waals surface area contributed by atoms with Gasteiger partial charge >= 0.3 is 0 Å². The van der Waals surface area contributed by atoms with Crippen LogP contribution in [0.3, 0.4) is 0 Å². The number of hydrogen-bond acceptors (Lipinski definition) is 1. The first-order chi connectivity index (χ1) is 8.63. The van der Waals surface area contributed by atoms with Crippen LogP contribution in [-0.4, -0.2) is 5.91 Å². The summed E-state index contributed by atoms with van der Waals surface area (Å²) in [6, 6.07) is 6.30. The molecule has 2 aliphatic rings. The molecule has 2 fully saturated rings. The largest absolute Gasteiger partial charge is 0.326 e. The van der Waals surface area contributed by atoms with E-state index in [1.54, 1.807) is 6.92 Å². The Balaban J connectivity index is 1.93. The molecule has 2 unspecified atom stereocenters. The minimum Gasteiger partial charge on any atom is -0.326 e. The third-order valence-electron chi connectivity index (χ3n) is 4.46. The summed E-state index contributed by atoms with van der Waals surface area (Å²) in [6.45, 7) is 1.57. The van der Waals surface area contributed by atoms with Gasteiger partial charge in [0.25, 0.3) is 0 Å². The number of nitrogens with one attached hydrogen (secondary N) is 1. The summed E-state index contributed by atoms with van der Waals surface area (Å²) in [5.74, 6) is 2.42. The lowest BCUT2D eigenvalue weighted by Crippen LogP contribution is -2.14. The van der Waals surface area contributed by atoms with Crippen LogP contribution in [0.15, 0.2) is 22.7 Å². The minimum atomic E-state index is 0.0116. The van der Waals surface area contributed by atoms with Gasteiger partial charge < -0.3 is 5.32 Å². The van der Waals surface area contributed by atoms with Crippen LogP contribution < -0.4 is 5.32 Å². The molecular weight excluding hydrogens is 290 g/mol. The van der Waals surface area contributed by atoms with Crippen molar-refractivity contribution in [3.05, 3.63) is 28.2 Å². The first-order valence-corrected chi connectivity index (χ1v) is 7.50. The Labute approximate surface area is 116 Å². The summed E-state index contributed by atoms with van der Waals surface area (Å²) < 4.78 is 1.03. The maximum absolute atomic E-state index is 11.3. The van der Waals surface area contributed by atoms with E-state index < -0.39 is 0 Å². The van der Waals surface area contributed by atoms with Crippen LogP contribution in [-0.2, 0) is 4.79 Å². The molecule has 1 amide bonds. The summed E-state index contributed by atoms with van der Waals surface area (Å²) in [4.78, 5) is 11.3. The molecule has 2 saturated carbocycles. The van der Waals surface area contributed by atoms with Crippen molar-refractivity contribution in [3.63, 3.8) is 0 Å². The Bertz CT molecular complexity index is 485. The Hall–Kier alpha value is -0.830. The van der Waals surface area contributed by atoms with E-state index >= 15 is 0 Å². The normalized spacial score (nSPS) is 29.6. The maximum Gasteiger partial charge on any atom is 0.221 e. The Morgan fingerprint density at radius 1 is 1.33 bits per heavy atom. The summed E-state index contributed by atoms with van der Waals surface area (Å²) >= 11 is 3.48. The fourth-order valence-corrected chi connectivity index (χ4v) is 4.14. The van der Waals surface area contributed by atoms with Gasteiger partial charge in [-0.15, -0.1) is 0 Å². The van der Waals surface area contributed by atoms with Crippen LogP contribution in [0.5, 0.6) is 0 Å². The maximum atomic E-state index is 11.3. The highest BCUT2D eigenvalue weighted by atomic mass is 79.9. The van der Waals surface area contributed by atoms with Gasteiger partial charge in [0.15, 0.2) is 0 Å². The van der Waals surface area contributed by atoms with E-state index in [-0.39, 0.29) is 5.91 Å². The van der Waals surface area contributed by atoms with E-state index in [4.69, 9.17) is 0 Å². The third kappa shape index (κ3) is 2.20. The SMILES string of the molecule is CC(=O)Nc1cc(Br)ccc1[C@H]1CC2CCC1C2. The Morgan fingerprint density at radius 2 is 2.17 bits per heavy atom. The highest BCUT2D eigenvalue weighted by molar-refractivity contribution is 9.10. The van der Waals surface area contributed by atoms with Crippen molar-refractivity contribution in [2.45, 2.75) is 38.5 Å². The molecule has 3 rings (SSSR count). The fraction of sp³-hybridized carbons (Fsp3) is 0.533. The van der Waals surface area contributed by atoms with Crippen molar-refractivity contribution in [1.82, 2.24) is 0 Å². The number of halogens is 1. The van der Waals surface area contributed by atoms with Crippen molar-refractivity contribution < 1.29 is 4.79 Å². The molecule has 1 N–H and O–H groups in total. The molecule has 0 aliphatic heterocycles. The van der Waals surface area contributed by atoms with Gasteiger partial charge in [-0.25, -0.2) is 0 Å². The number of hydrogen-bond donors (Lipinski definition) is 1. The lowest BCUT2D eigenvalue weighted by atomic mass is 9.83. The van der Waals surface area contributed by atoms with Gasteiger partial charge in [-0.1, -0.05) is 28.4 Å². The number of carbonyl (C=O) groups is 1. The minimum absolute atomic E-state index is 0.0116. The molecule has 0 saturated heterocycles. The summed E-state index contributed by atoms with van der Waals surface area (Å²) in [7, 11) is 0. The zero-order valence-electron chi connectivity index (χ0n) is 10.6. The number of anilines is 1. The summed E-state index contributed by atoms with van der Waals surface area (Å²) in [6.07, 6.45) is 5.47. The quantitative estimate of drug-likeness (QED) is 0.866. The van der Waals surface area contributed by atoms with E-state index in [2.05, 4.69) is 33.4 Å². The van der Waals surface area contributed by atoms with Crippen molar-refractivity contribution in [1.29, 1.82) is 0 Å². The van der Waals surface area contributed by atoms with Crippen LogP contribution in [0.1, 0.15) is 44.1 Å². The third-order valence-corrected chi connectivity index (χ3v) is 4.96. The van der Waals surface area contributed by atoms with Crippen molar-refractivity contribution >= 4 is 27.5 Å². The molecule has 0 aromatic heterocycles. The second-order valence-electron chi connectivity index (χ2n) is 5.69. The lowest BCUT2D eigenvalue weighted by Gasteiger charge is -2.24. The fourth-order valence-electron chi connectivity index (χ4n) is 3.78. The molecule has 0 heterocycles. The topological polar surface area (TPSA) is 29.1 Å². The first kappa shape index (κ1) is 12.2. The molecule has 1 aromatic carbocycles. The number of carbonyl (C=O) groups excluding carboxylic acids is 1. The average molecular weight is 308 g/mol. The predicted molar refractivity (Wildman–Crippen MR) is 76.6 cm³/mol. The number of rotatable bonds is 2. The lowest BCUT2D eigenvalue weighted by molar-refractivity contribution is -0.114. The molecule has 3 atom stereocenters. The number of fused-ring (bicyclic) bond motifs is 2. The predicted octanol–water partition coefficient (Wildman–Crippen LogP) is 4.31. The highest BCUT2D eigenvalue weighted by Crippen LogP contribution is 2.54. The van der Waals surface area contributed by atoms with Gasteiger partial charge in [0.2, 0.25) is 5.91 Å². The molecule has 18 heavy (non-hydrogen) atoms.